The molecule has 2 fully saturated rings. The van der Waals surface area contributed by atoms with E-state index in [9.17, 15) is 13.6 Å². The minimum absolute atomic E-state index is 0.166. The Labute approximate surface area is 224 Å². The molecule has 0 unspecified atom stereocenters. The molecule has 2 aliphatic heterocycles. The van der Waals surface area contributed by atoms with Crippen molar-refractivity contribution in [1.82, 2.24) is 25.0 Å². The molecule has 2 aromatic heterocycles. The molecule has 0 radical (unpaired) electrons. The minimum Gasteiger partial charge on any atom is -0.447 e. The van der Waals surface area contributed by atoms with Gasteiger partial charge in [0.2, 0.25) is 11.8 Å². The summed E-state index contributed by atoms with van der Waals surface area (Å²) in [6.45, 7) is 7.18. The first kappa shape index (κ1) is 26.9. The lowest BCUT2D eigenvalue weighted by molar-refractivity contribution is -0.00405. The second kappa shape index (κ2) is 11.2. The molecule has 0 saturated carbocycles. The molecule has 39 heavy (non-hydrogen) atoms. The fraction of sp³-hybridized carbons (Fsp3) is 0.500. The third-order valence-corrected chi connectivity index (χ3v) is 6.83. The molecule has 2 saturated heterocycles. The molecule has 5 rings (SSSR count). The molecular weight excluding hydrogens is 512 g/mol. The molecule has 4 atom stereocenters. The average molecular weight is 544 g/mol. The number of halogens is 2. The van der Waals surface area contributed by atoms with Crippen LogP contribution in [0.3, 0.4) is 0 Å². The van der Waals surface area contributed by atoms with Crippen LogP contribution >= 0.6 is 0 Å². The number of aromatic nitrogens is 4. The minimum atomic E-state index is -0.507. The van der Waals surface area contributed by atoms with E-state index in [0.717, 1.165) is 12.1 Å². The highest BCUT2D eigenvalue weighted by Gasteiger charge is 2.35. The van der Waals surface area contributed by atoms with E-state index in [-0.39, 0.29) is 29.8 Å². The summed E-state index contributed by atoms with van der Waals surface area (Å²) in [7, 11) is 0. The summed E-state index contributed by atoms with van der Waals surface area (Å²) in [5.41, 5.74) is 7.02. The molecule has 208 valence electrons. The molecule has 2 N–H and O–H groups in total. The van der Waals surface area contributed by atoms with E-state index in [2.05, 4.69) is 20.1 Å². The van der Waals surface area contributed by atoms with Gasteiger partial charge in [-0.3, -0.25) is 0 Å². The number of likely N-dealkylation sites (tertiary alicyclic amines) is 1. The first-order valence-electron chi connectivity index (χ1n) is 12.9. The van der Waals surface area contributed by atoms with Crippen LogP contribution in [0.5, 0.6) is 0 Å². The van der Waals surface area contributed by atoms with Gasteiger partial charge < -0.3 is 29.5 Å². The molecule has 11 nitrogen and oxygen atoms in total. The average Bonchev–Trinajstić information content (AvgIpc) is 3.65. The van der Waals surface area contributed by atoms with Gasteiger partial charge in [-0.2, -0.15) is 4.98 Å². The number of carbonyl (C=O) groups excluding carboxylic acids is 1. The van der Waals surface area contributed by atoms with Crippen molar-refractivity contribution in [1.29, 1.82) is 0 Å². The molecule has 1 aromatic carbocycles. The highest BCUT2D eigenvalue weighted by atomic mass is 19.1. The number of ether oxygens (including phenoxy) is 2. The van der Waals surface area contributed by atoms with Crippen molar-refractivity contribution in [3.63, 3.8) is 0 Å². The number of amides is 1. The Balaban J connectivity index is 1.19. The van der Waals surface area contributed by atoms with Crippen molar-refractivity contribution < 1.29 is 27.6 Å². The first-order chi connectivity index (χ1) is 18.7. The predicted octanol–water partition coefficient (Wildman–Crippen LogP) is 3.43. The number of anilines is 1. The van der Waals surface area contributed by atoms with Crippen LogP contribution in [-0.4, -0.2) is 75.5 Å². The maximum Gasteiger partial charge on any atom is 0.410 e. The van der Waals surface area contributed by atoms with Crippen molar-refractivity contribution >= 4 is 12.0 Å². The fourth-order valence-corrected chi connectivity index (χ4v) is 4.86. The molecule has 4 heterocycles. The van der Waals surface area contributed by atoms with Crippen LogP contribution < -0.4 is 10.6 Å². The summed E-state index contributed by atoms with van der Waals surface area (Å²) in [4.78, 5) is 28.8. The largest absolute Gasteiger partial charge is 0.447 e. The van der Waals surface area contributed by atoms with Crippen molar-refractivity contribution in [2.75, 3.05) is 31.1 Å². The van der Waals surface area contributed by atoms with Crippen LogP contribution in [0, 0.1) is 11.6 Å². The molecule has 13 heteroatoms. The Morgan fingerprint density at radius 3 is 2.67 bits per heavy atom. The number of nitrogens with zero attached hydrogens (tertiary/aromatic N) is 6. The van der Waals surface area contributed by atoms with Crippen molar-refractivity contribution in [3.05, 3.63) is 53.6 Å². The van der Waals surface area contributed by atoms with E-state index >= 15 is 0 Å². The SMILES string of the molecule is CC(C)OC(=O)N1CC[C@@H](O[C@H](C)c2noc(-c3cnc(N4C[C@H](c5cc(F)ccc5F)[C@@H](N)C4)nc3)n2)C1. The van der Waals surface area contributed by atoms with Crippen LogP contribution in [0.1, 0.15) is 50.6 Å². The fourth-order valence-electron chi connectivity index (χ4n) is 4.86. The second-order valence-corrected chi connectivity index (χ2v) is 10.1. The third-order valence-electron chi connectivity index (χ3n) is 6.83. The van der Waals surface area contributed by atoms with Crippen molar-refractivity contribution in [2.45, 2.75) is 57.5 Å². The quantitative estimate of drug-likeness (QED) is 0.473. The second-order valence-electron chi connectivity index (χ2n) is 10.1. The van der Waals surface area contributed by atoms with Gasteiger partial charge in [-0.05, 0) is 51.0 Å². The van der Waals surface area contributed by atoms with E-state index < -0.39 is 29.7 Å². The van der Waals surface area contributed by atoms with Gasteiger partial charge >= 0.3 is 6.09 Å². The van der Waals surface area contributed by atoms with Crippen LogP contribution in [0.4, 0.5) is 19.5 Å². The summed E-state index contributed by atoms with van der Waals surface area (Å²) >= 11 is 0. The highest BCUT2D eigenvalue weighted by Crippen LogP contribution is 2.31. The molecular formula is C26H31F2N7O4. The summed E-state index contributed by atoms with van der Waals surface area (Å²) in [6.07, 6.45) is 2.65. The topological polar surface area (TPSA) is 133 Å². The Hall–Kier alpha value is -3.71. The zero-order valence-corrected chi connectivity index (χ0v) is 22.0. The van der Waals surface area contributed by atoms with Gasteiger partial charge in [0.15, 0.2) is 0 Å². The summed E-state index contributed by atoms with van der Waals surface area (Å²) < 4.78 is 44.7. The normalized spacial score (nSPS) is 22.1. The smallest absolute Gasteiger partial charge is 0.410 e. The lowest BCUT2D eigenvalue weighted by atomic mass is 9.94. The van der Waals surface area contributed by atoms with Gasteiger partial charge in [-0.15, -0.1) is 0 Å². The summed E-state index contributed by atoms with van der Waals surface area (Å²) in [5.74, 6) is -0.378. The van der Waals surface area contributed by atoms with E-state index in [1.165, 1.54) is 6.07 Å². The Morgan fingerprint density at radius 1 is 1.15 bits per heavy atom. The van der Waals surface area contributed by atoms with Crippen LogP contribution in [0.25, 0.3) is 11.5 Å². The summed E-state index contributed by atoms with van der Waals surface area (Å²) in [5, 5.41) is 4.03. The molecule has 1 amide bonds. The van der Waals surface area contributed by atoms with Crippen LogP contribution in [-0.2, 0) is 9.47 Å². The Morgan fingerprint density at radius 2 is 1.92 bits per heavy atom. The lowest BCUT2D eigenvalue weighted by Gasteiger charge is -2.19. The maximum atomic E-state index is 14.3. The van der Waals surface area contributed by atoms with Crippen LogP contribution in [0.2, 0.25) is 0 Å². The molecule has 0 bridgehead atoms. The number of benzene rings is 1. The summed E-state index contributed by atoms with van der Waals surface area (Å²) in [6, 6.07) is 2.98. The van der Waals surface area contributed by atoms with E-state index in [1.54, 1.807) is 17.3 Å². The first-order valence-corrected chi connectivity index (χ1v) is 12.9. The molecule has 2 aliphatic rings. The Bertz CT molecular complexity index is 1310. The van der Waals surface area contributed by atoms with Crippen molar-refractivity contribution in [3.8, 4) is 11.5 Å². The van der Waals surface area contributed by atoms with Gasteiger partial charge in [0.05, 0.1) is 24.3 Å². The van der Waals surface area contributed by atoms with Gasteiger partial charge in [-0.1, -0.05) is 5.16 Å². The molecule has 0 aliphatic carbocycles. The lowest BCUT2D eigenvalue weighted by Crippen LogP contribution is -2.32. The molecule has 3 aromatic rings. The zero-order chi connectivity index (χ0) is 27.7. The maximum absolute atomic E-state index is 14.3. The number of nitrogens with two attached hydrogens (primary N) is 1. The Kier molecular flexibility index (Phi) is 7.71. The van der Waals surface area contributed by atoms with Gasteiger partial charge in [0.25, 0.3) is 5.89 Å². The standard InChI is InChI=1S/C26H31F2N7O4/c1-14(2)37-26(36)34-7-6-18(11-34)38-15(3)23-32-24(39-33-23)16-9-30-25(31-10-16)35-12-20(22(29)13-35)19-8-17(27)4-5-21(19)28/h4-5,8-10,14-15,18,20,22H,6-7,11-13,29H2,1-3H3/t15-,18-,20-,22+/m1/s1. The third kappa shape index (κ3) is 5.98. The van der Waals surface area contributed by atoms with Gasteiger partial charge in [0, 0.05) is 44.0 Å². The number of hydrogen-bond donors (Lipinski definition) is 1. The molecule has 0 spiro atoms. The zero-order valence-electron chi connectivity index (χ0n) is 22.0. The van der Waals surface area contributed by atoms with Gasteiger partial charge in [0.1, 0.15) is 17.7 Å². The number of carbonyl (C=O) groups is 1. The van der Waals surface area contributed by atoms with E-state index in [1.807, 2.05) is 25.7 Å². The number of hydrogen-bond acceptors (Lipinski definition) is 10. The predicted molar refractivity (Wildman–Crippen MR) is 136 cm³/mol. The monoisotopic (exact) mass is 543 g/mol. The van der Waals surface area contributed by atoms with E-state index in [4.69, 9.17) is 19.7 Å². The van der Waals surface area contributed by atoms with E-state index in [0.29, 0.717) is 49.9 Å². The van der Waals surface area contributed by atoms with Crippen molar-refractivity contribution in [2.24, 2.45) is 5.73 Å². The van der Waals surface area contributed by atoms with Gasteiger partial charge in [-0.25, -0.2) is 23.5 Å². The number of rotatable bonds is 7. The highest BCUT2D eigenvalue weighted by molar-refractivity contribution is 5.68. The van der Waals surface area contributed by atoms with Crippen LogP contribution in [0.15, 0.2) is 35.1 Å².